The molecular formula is C22H23N7O2. The monoisotopic (exact) mass is 417 g/mol. The number of carbonyl (C=O) groups excluding carboxylic acids is 1. The zero-order chi connectivity index (χ0) is 21.0. The van der Waals surface area contributed by atoms with E-state index in [4.69, 9.17) is 4.42 Å². The van der Waals surface area contributed by atoms with Crippen LogP contribution in [0, 0.1) is 5.92 Å². The maximum Gasteiger partial charge on any atom is 0.247 e. The van der Waals surface area contributed by atoms with E-state index >= 15 is 0 Å². The molecule has 9 nitrogen and oxygen atoms in total. The van der Waals surface area contributed by atoms with Crippen LogP contribution in [0.5, 0.6) is 0 Å². The number of rotatable bonds is 7. The number of H-pyrrole nitrogens is 1. The molecule has 2 N–H and O–H groups in total. The van der Waals surface area contributed by atoms with Crippen LogP contribution in [0.4, 0.5) is 11.5 Å². The first-order valence-corrected chi connectivity index (χ1v) is 10.4. The highest BCUT2D eigenvalue weighted by Crippen LogP contribution is 2.28. The number of piperidine rings is 1. The molecule has 0 spiro atoms. The lowest BCUT2D eigenvalue weighted by molar-refractivity contribution is -0.118. The van der Waals surface area contributed by atoms with Gasteiger partial charge in [-0.1, -0.05) is 6.07 Å². The summed E-state index contributed by atoms with van der Waals surface area (Å²) in [5.74, 6) is 1.92. The van der Waals surface area contributed by atoms with Crippen molar-refractivity contribution in [1.29, 1.82) is 0 Å². The number of nitrogens with zero attached hydrogens (tertiary/aromatic N) is 5. The average molecular weight is 417 g/mol. The first kappa shape index (κ1) is 19.2. The van der Waals surface area contributed by atoms with Gasteiger partial charge in [-0.2, -0.15) is 0 Å². The molecule has 0 saturated carbocycles. The summed E-state index contributed by atoms with van der Waals surface area (Å²) in [4.78, 5) is 26.8. The van der Waals surface area contributed by atoms with Crippen molar-refractivity contribution in [2.24, 2.45) is 5.92 Å². The van der Waals surface area contributed by atoms with Crippen LogP contribution in [0.15, 0.2) is 53.7 Å². The second kappa shape index (κ2) is 8.55. The molecule has 1 aliphatic rings. The highest BCUT2D eigenvalue weighted by molar-refractivity contribution is 5.87. The van der Waals surface area contributed by atoms with Gasteiger partial charge in [-0.05, 0) is 43.0 Å². The minimum absolute atomic E-state index is 0.199. The summed E-state index contributed by atoms with van der Waals surface area (Å²) in [6.07, 6.45) is 7.43. The molecule has 1 saturated heterocycles. The molecule has 9 heteroatoms. The van der Waals surface area contributed by atoms with Gasteiger partial charge in [0, 0.05) is 37.0 Å². The fraction of sp³-hybridized carbons (Fsp3) is 0.318. The molecule has 1 aliphatic heterocycles. The van der Waals surface area contributed by atoms with Crippen molar-refractivity contribution in [2.45, 2.75) is 19.3 Å². The molecule has 31 heavy (non-hydrogen) atoms. The van der Waals surface area contributed by atoms with Crippen LogP contribution < -0.4 is 10.2 Å². The number of ketones is 1. The summed E-state index contributed by atoms with van der Waals surface area (Å²) in [6, 6.07) is 9.62. The normalized spacial score (nSPS) is 16.5. The quantitative estimate of drug-likeness (QED) is 0.471. The fourth-order valence-electron chi connectivity index (χ4n) is 4.19. The number of fused-ring (bicyclic) bond motifs is 1. The van der Waals surface area contributed by atoms with Gasteiger partial charge < -0.3 is 19.6 Å². The number of Topliss-reactive ketones (excluding diaryl/α,β-unsaturated/α-hetero) is 1. The molecule has 0 radical (unpaired) electrons. The van der Waals surface area contributed by atoms with Gasteiger partial charge in [0.1, 0.15) is 17.8 Å². The van der Waals surface area contributed by atoms with E-state index in [1.165, 1.54) is 6.39 Å². The number of anilines is 2. The molecule has 4 heterocycles. The zero-order valence-electron chi connectivity index (χ0n) is 17.0. The molecule has 1 unspecified atom stereocenters. The van der Waals surface area contributed by atoms with Crippen LogP contribution in [-0.2, 0) is 4.79 Å². The number of aromatic amines is 1. The van der Waals surface area contributed by atoms with Crippen LogP contribution in [0.2, 0.25) is 0 Å². The van der Waals surface area contributed by atoms with Gasteiger partial charge in [-0.3, -0.25) is 4.79 Å². The molecule has 0 amide bonds. The summed E-state index contributed by atoms with van der Waals surface area (Å²) in [5.41, 5.74) is 2.51. The summed E-state index contributed by atoms with van der Waals surface area (Å²) >= 11 is 0. The molecule has 1 atom stereocenters. The van der Waals surface area contributed by atoms with Crippen molar-refractivity contribution < 1.29 is 9.21 Å². The van der Waals surface area contributed by atoms with E-state index in [1.807, 2.05) is 36.5 Å². The maximum absolute atomic E-state index is 12.7. The van der Waals surface area contributed by atoms with Crippen LogP contribution in [0.25, 0.3) is 22.5 Å². The van der Waals surface area contributed by atoms with E-state index in [-0.39, 0.29) is 5.78 Å². The number of benzene rings is 1. The maximum atomic E-state index is 12.7. The lowest BCUT2D eigenvalue weighted by Crippen LogP contribution is -2.37. The summed E-state index contributed by atoms with van der Waals surface area (Å²) in [7, 11) is 0. The number of hydrogen-bond donors (Lipinski definition) is 2. The van der Waals surface area contributed by atoms with Gasteiger partial charge in [-0.15, -0.1) is 10.2 Å². The highest BCUT2D eigenvalue weighted by Gasteiger charge is 2.24. The van der Waals surface area contributed by atoms with E-state index in [9.17, 15) is 4.79 Å². The second-order valence-corrected chi connectivity index (χ2v) is 7.81. The molecule has 158 valence electrons. The van der Waals surface area contributed by atoms with Gasteiger partial charge in [-0.25, -0.2) is 9.97 Å². The van der Waals surface area contributed by atoms with Crippen LogP contribution in [0.3, 0.4) is 0 Å². The van der Waals surface area contributed by atoms with Crippen molar-refractivity contribution in [3.8, 4) is 11.5 Å². The Morgan fingerprint density at radius 1 is 1.29 bits per heavy atom. The highest BCUT2D eigenvalue weighted by atomic mass is 16.4. The van der Waals surface area contributed by atoms with Gasteiger partial charge >= 0.3 is 0 Å². The Kier molecular flexibility index (Phi) is 5.30. The lowest BCUT2D eigenvalue weighted by Gasteiger charge is -2.33. The van der Waals surface area contributed by atoms with Crippen molar-refractivity contribution >= 4 is 28.3 Å². The number of nitrogens with one attached hydrogen (secondary N) is 2. The topological polar surface area (TPSA) is 113 Å². The standard InChI is InChI=1S/C22H23N7O2/c30-18(11-24-17-5-1-4-16(10-17)22-28-27-14-31-22)9-15-3-2-8-29(12-15)21-19-6-7-23-20(19)25-13-26-21/h1,4-7,10,13-15,24H,2-3,8-9,11-12H2,(H,23,25,26). The largest absolute Gasteiger partial charge is 0.423 e. The predicted molar refractivity (Wildman–Crippen MR) is 117 cm³/mol. The van der Waals surface area contributed by atoms with Gasteiger partial charge in [0.15, 0.2) is 5.78 Å². The molecule has 0 bridgehead atoms. The number of aromatic nitrogens is 5. The Bertz CT molecular complexity index is 1170. The van der Waals surface area contributed by atoms with E-state index < -0.39 is 0 Å². The van der Waals surface area contributed by atoms with E-state index in [0.29, 0.717) is 24.8 Å². The van der Waals surface area contributed by atoms with Crippen molar-refractivity contribution in [3.05, 3.63) is 49.2 Å². The van der Waals surface area contributed by atoms with Gasteiger partial charge in [0.25, 0.3) is 0 Å². The zero-order valence-corrected chi connectivity index (χ0v) is 17.0. The predicted octanol–water partition coefficient (Wildman–Crippen LogP) is 3.30. The fourth-order valence-corrected chi connectivity index (χ4v) is 4.19. The minimum Gasteiger partial charge on any atom is -0.423 e. The Labute approximate surface area is 178 Å². The van der Waals surface area contributed by atoms with Crippen LogP contribution in [-0.4, -0.2) is 50.6 Å². The molecule has 5 rings (SSSR count). The van der Waals surface area contributed by atoms with Crippen molar-refractivity contribution in [1.82, 2.24) is 25.1 Å². The summed E-state index contributed by atoms with van der Waals surface area (Å²) < 4.78 is 5.24. The van der Waals surface area contributed by atoms with E-state index in [2.05, 4.69) is 35.4 Å². The third kappa shape index (κ3) is 4.25. The third-order valence-corrected chi connectivity index (χ3v) is 5.63. The minimum atomic E-state index is 0.199. The Morgan fingerprint density at radius 3 is 3.16 bits per heavy atom. The summed E-state index contributed by atoms with van der Waals surface area (Å²) in [6.45, 7) is 2.07. The van der Waals surface area contributed by atoms with Crippen LogP contribution in [0.1, 0.15) is 19.3 Å². The number of hydrogen-bond acceptors (Lipinski definition) is 8. The number of carbonyl (C=O) groups is 1. The molecule has 1 aromatic carbocycles. The first-order chi connectivity index (χ1) is 15.3. The smallest absolute Gasteiger partial charge is 0.247 e. The summed E-state index contributed by atoms with van der Waals surface area (Å²) in [5, 5.41) is 11.9. The molecule has 3 aromatic heterocycles. The molecule has 0 aliphatic carbocycles. The van der Waals surface area contributed by atoms with Crippen LogP contribution >= 0.6 is 0 Å². The van der Waals surface area contributed by atoms with Gasteiger partial charge in [0.2, 0.25) is 12.3 Å². The van der Waals surface area contributed by atoms with E-state index in [0.717, 1.165) is 54.0 Å². The van der Waals surface area contributed by atoms with Crippen molar-refractivity contribution in [2.75, 3.05) is 29.9 Å². The molecular weight excluding hydrogens is 394 g/mol. The van der Waals surface area contributed by atoms with Crippen molar-refractivity contribution in [3.63, 3.8) is 0 Å². The Balaban J connectivity index is 1.18. The molecule has 1 fully saturated rings. The third-order valence-electron chi connectivity index (χ3n) is 5.63. The first-order valence-electron chi connectivity index (χ1n) is 10.4. The van der Waals surface area contributed by atoms with E-state index in [1.54, 1.807) is 6.33 Å². The SMILES string of the molecule is O=C(CNc1cccc(-c2nnco2)c1)CC1CCCN(c2ncnc3[nH]ccc23)C1. The average Bonchev–Trinajstić information content (AvgIpc) is 3.50. The Hall–Kier alpha value is -3.75. The Morgan fingerprint density at radius 2 is 2.26 bits per heavy atom. The molecule has 4 aromatic rings. The van der Waals surface area contributed by atoms with Gasteiger partial charge in [0.05, 0.1) is 11.9 Å². The second-order valence-electron chi connectivity index (χ2n) is 7.81. The lowest BCUT2D eigenvalue weighted by atomic mass is 9.92.